The fourth-order valence-corrected chi connectivity index (χ4v) is 2.49. The van der Waals surface area contributed by atoms with Crippen LogP contribution in [0.2, 0.25) is 5.02 Å². The van der Waals surface area contributed by atoms with Gasteiger partial charge in [-0.3, -0.25) is 0 Å². The molecular weight excluding hydrogens is 293 g/mol. The second kappa shape index (κ2) is 3.57. The highest BCUT2D eigenvalue weighted by Gasteiger charge is 2.05. The molecule has 0 saturated heterocycles. The second-order valence-electron chi connectivity index (χ2n) is 1.83. The van der Waals surface area contributed by atoms with E-state index in [9.17, 15) is 0 Å². The Morgan fingerprint density at radius 3 is 2.09 bits per heavy atom. The highest BCUT2D eigenvalue weighted by Crippen LogP contribution is 2.36. The first kappa shape index (κ1) is 9.05. The summed E-state index contributed by atoms with van der Waals surface area (Å²) in [6.07, 6.45) is 0. The van der Waals surface area contributed by atoms with E-state index in [0.29, 0.717) is 19.7 Å². The van der Waals surface area contributed by atoms with Gasteiger partial charge in [0.15, 0.2) is 0 Å². The smallest absolute Gasteiger partial charge is 0.215 e. The normalized spacial score (nSPS) is 9.27. The molecule has 56 valence electrons. The molecular formula is C7H2Br2ClN. The van der Waals surface area contributed by atoms with E-state index >= 15 is 0 Å². The minimum Gasteiger partial charge on any atom is -0.236 e. The maximum absolute atomic E-state index is 6.82. The summed E-state index contributed by atoms with van der Waals surface area (Å²) in [6, 6.07) is 3.39. The lowest BCUT2D eigenvalue weighted by Crippen LogP contribution is -1.70. The van der Waals surface area contributed by atoms with Crippen LogP contribution in [-0.4, -0.2) is 0 Å². The molecule has 0 saturated carbocycles. The predicted molar refractivity (Wildman–Crippen MR) is 53.1 cm³/mol. The number of rotatable bonds is 0. The van der Waals surface area contributed by atoms with Gasteiger partial charge >= 0.3 is 0 Å². The molecule has 0 radical (unpaired) electrons. The van der Waals surface area contributed by atoms with Crippen LogP contribution in [0.3, 0.4) is 0 Å². The van der Waals surface area contributed by atoms with Gasteiger partial charge in [-0.25, -0.2) is 4.85 Å². The Labute approximate surface area is 86.4 Å². The van der Waals surface area contributed by atoms with Crippen LogP contribution < -0.4 is 0 Å². The van der Waals surface area contributed by atoms with Crippen molar-refractivity contribution >= 4 is 49.1 Å². The van der Waals surface area contributed by atoms with Crippen LogP contribution >= 0.6 is 43.5 Å². The second-order valence-corrected chi connectivity index (χ2v) is 3.97. The largest absolute Gasteiger partial charge is 0.236 e. The van der Waals surface area contributed by atoms with Crippen molar-refractivity contribution in [3.05, 3.63) is 37.5 Å². The highest BCUT2D eigenvalue weighted by atomic mass is 79.9. The van der Waals surface area contributed by atoms with Crippen LogP contribution in [0.4, 0.5) is 5.69 Å². The van der Waals surface area contributed by atoms with Crippen molar-refractivity contribution in [1.82, 2.24) is 0 Å². The molecule has 0 heterocycles. The summed E-state index contributed by atoms with van der Waals surface area (Å²) in [7, 11) is 0. The zero-order chi connectivity index (χ0) is 8.43. The molecule has 1 aromatic rings. The van der Waals surface area contributed by atoms with Crippen LogP contribution in [0.1, 0.15) is 0 Å². The van der Waals surface area contributed by atoms with Crippen molar-refractivity contribution in [3.63, 3.8) is 0 Å². The number of nitrogens with zero attached hydrogens (tertiary/aromatic N) is 1. The van der Waals surface area contributed by atoms with Gasteiger partial charge in [0.25, 0.3) is 0 Å². The summed E-state index contributed by atoms with van der Waals surface area (Å²) in [5.41, 5.74) is 0.550. The van der Waals surface area contributed by atoms with Crippen molar-refractivity contribution in [2.45, 2.75) is 0 Å². The maximum atomic E-state index is 6.82. The fourth-order valence-electron chi connectivity index (χ4n) is 0.641. The molecule has 0 amide bonds. The highest BCUT2D eigenvalue weighted by molar-refractivity contribution is 9.11. The van der Waals surface area contributed by atoms with Gasteiger partial charge in [0, 0.05) is 14.0 Å². The van der Waals surface area contributed by atoms with Crippen LogP contribution in [0, 0.1) is 6.57 Å². The van der Waals surface area contributed by atoms with Crippen LogP contribution in [0.25, 0.3) is 4.85 Å². The summed E-state index contributed by atoms with van der Waals surface area (Å²) in [5, 5.41) is 0.608. The van der Waals surface area contributed by atoms with Crippen LogP contribution in [-0.2, 0) is 0 Å². The van der Waals surface area contributed by atoms with E-state index in [-0.39, 0.29) is 0 Å². The molecule has 0 aromatic heterocycles. The Hall–Kier alpha value is -0.0400. The summed E-state index contributed by atoms with van der Waals surface area (Å²) in [4.78, 5) is 3.31. The third kappa shape index (κ3) is 1.96. The molecule has 11 heavy (non-hydrogen) atoms. The Kier molecular flexibility index (Phi) is 2.94. The molecule has 0 spiro atoms. The summed E-state index contributed by atoms with van der Waals surface area (Å²) in [5.74, 6) is 0. The molecule has 0 aliphatic carbocycles. The van der Waals surface area contributed by atoms with Gasteiger partial charge in [-0.2, -0.15) is 0 Å². The van der Waals surface area contributed by atoms with Crippen LogP contribution in [0.5, 0.6) is 0 Å². The van der Waals surface area contributed by atoms with Crippen molar-refractivity contribution in [1.29, 1.82) is 0 Å². The Bertz CT molecular complexity index is 307. The van der Waals surface area contributed by atoms with Gasteiger partial charge in [0.1, 0.15) is 0 Å². The average Bonchev–Trinajstić information content (AvgIpc) is 1.85. The molecule has 0 aliphatic heterocycles. The topological polar surface area (TPSA) is 4.36 Å². The molecule has 0 fully saturated rings. The van der Waals surface area contributed by atoms with Gasteiger partial charge in [0.2, 0.25) is 5.69 Å². The van der Waals surface area contributed by atoms with Gasteiger partial charge < -0.3 is 0 Å². The van der Waals surface area contributed by atoms with Gasteiger partial charge in [-0.1, -0.05) is 43.5 Å². The Morgan fingerprint density at radius 2 is 1.73 bits per heavy atom. The number of halogens is 3. The van der Waals surface area contributed by atoms with E-state index < -0.39 is 0 Å². The fraction of sp³-hybridized carbons (Fsp3) is 0. The Morgan fingerprint density at radius 1 is 1.27 bits per heavy atom. The number of hydrogen-bond acceptors (Lipinski definition) is 0. The summed E-state index contributed by atoms with van der Waals surface area (Å²) < 4.78 is 1.43. The predicted octanol–water partition coefficient (Wildman–Crippen LogP) is 4.42. The zero-order valence-corrected chi connectivity index (χ0v) is 9.16. The molecule has 0 unspecified atom stereocenters. The molecule has 1 rings (SSSR count). The standard InChI is InChI=1S/C7H2Br2ClN/c1-11-7-5(8)2-4(10)3-6(7)9/h2-3H. The van der Waals surface area contributed by atoms with E-state index in [1.807, 2.05) is 0 Å². The number of benzene rings is 1. The first-order valence-corrected chi connectivity index (χ1v) is 4.63. The summed E-state index contributed by atoms with van der Waals surface area (Å²) in [6.45, 7) is 6.82. The number of hydrogen-bond donors (Lipinski definition) is 0. The van der Waals surface area contributed by atoms with E-state index in [4.69, 9.17) is 18.2 Å². The molecule has 0 atom stereocenters. The molecule has 1 aromatic carbocycles. The van der Waals surface area contributed by atoms with E-state index in [2.05, 4.69) is 36.7 Å². The summed E-state index contributed by atoms with van der Waals surface area (Å²) >= 11 is 12.2. The minimum atomic E-state index is 0.550. The van der Waals surface area contributed by atoms with E-state index in [1.165, 1.54) is 0 Å². The minimum absolute atomic E-state index is 0.550. The molecule has 0 N–H and O–H groups in total. The van der Waals surface area contributed by atoms with Gasteiger partial charge in [0.05, 0.1) is 6.57 Å². The van der Waals surface area contributed by atoms with E-state index in [0.717, 1.165) is 0 Å². The lowest BCUT2D eigenvalue weighted by molar-refractivity contribution is 1.61. The third-order valence-electron chi connectivity index (χ3n) is 1.09. The monoisotopic (exact) mass is 293 g/mol. The van der Waals surface area contributed by atoms with Crippen molar-refractivity contribution in [2.75, 3.05) is 0 Å². The quantitative estimate of drug-likeness (QED) is 0.624. The molecule has 4 heteroatoms. The van der Waals surface area contributed by atoms with Gasteiger partial charge in [-0.05, 0) is 12.1 Å². The van der Waals surface area contributed by atoms with Gasteiger partial charge in [-0.15, -0.1) is 0 Å². The maximum Gasteiger partial charge on any atom is 0.215 e. The average molecular weight is 295 g/mol. The molecule has 0 aliphatic rings. The third-order valence-corrected chi connectivity index (χ3v) is 2.52. The van der Waals surface area contributed by atoms with Crippen molar-refractivity contribution in [3.8, 4) is 0 Å². The zero-order valence-electron chi connectivity index (χ0n) is 5.24. The molecule has 1 nitrogen and oxygen atoms in total. The van der Waals surface area contributed by atoms with Crippen LogP contribution in [0.15, 0.2) is 21.1 Å². The lowest BCUT2D eigenvalue weighted by atomic mass is 10.3. The Balaban J connectivity index is 3.40. The first-order valence-electron chi connectivity index (χ1n) is 2.67. The SMILES string of the molecule is [C-]#[N+]c1c(Br)cc(Cl)cc1Br. The van der Waals surface area contributed by atoms with Crippen molar-refractivity contribution in [2.24, 2.45) is 0 Å². The first-order chi connectivity index (χ1) is 5.15. The van der Waals surface area contributed by atoms with E-state index in [1.54, 1.807) is 12.1 Å². The lowest BCUT2D eigenvalue weighted by Gasteiger charge is -1.98. The molecule has 0 bridgehead atoms. The van der Waals surface area contributed by atoms with Crippen molar-refractivity contribution < 1.29 is 0 Å².